The highest BCUT2D eigenvalue weighted by Crippen LogP contribution is 2.24. The van der Waals surface area contributed by atoms with Gasteiger partial charge in [-0.3, -0.25) is 0 Å². The van der Waals surface area contributed by atoms with Gasteiger partial charge in [-0.05, 0) is 31.2 Å². The first-order valence-electron chi connectivity index (χ1n) is 5.86. The first-order valence-corrected chi connectivity index (χ1v) is 7.95. The molecule has 0 radical (unpaired) electrons. The van der Waals surface area contributed by atoms with Crippen molar-refractivity contribution in [2.75, 3.05) is 12.4 Å². The number of benzene rings is 1. The van der Waals surface area contributed by atoms with Gasteiger partial charge < -0.3 is 9.63 Å². The highest BCUT2D eigenvalue weighted by molar-refractivity contribution is 7.91. The second-order valence-corrected chi connectivity index (χ2v) is 7.07. The van der Waals surface area contributed by atoms with Crippen LogP contribution in [0.2, 0.25) is 5.02 Å². The summed E-state index contributed by atoms with van der Waals surface area (Å²) < 4.78 is 28.6. The van der Waals surface area contributed by atoms with Crippen molar-refractivity contribution >= 4 is 21.4 Å². The Morgan fingerprint density at radius 2 is 2.00 bits per heavy atom. The Kier molecular flexibility index (Phi) is 4.42. The summed E-state index contributed by atoms with van der Waals surface area (Å²) in [5, 5.41) is 12.1. The average molecular weight is 317 g/mol. The van der Waals surface area contributed by atoms with Gasteiger partial charge in [-0.2, -0.15) is 4.98 Å². The maximum Gasteiger partial charge on any atom is 0.245 e. The van der Waals surface area contributed by atoms with Crippen molar-refractivity contribution < 1.29 is 18.0 Å². The minimum absolute atomic E-state index is 0.00315. The second kappa shape index (κ2) is 5.90. The molecule has 0 fully saturated rings. The van der Waals surface area contributed by atoms with Crippen molar-refractivity contribution in [2.45, 2.75) is 12.2 Å². The Bertz CT molecular complexity index is 682. The molecule has 0 aliphatic carbocycles. The molecular formula is C12H13ClN2O4S. The first kappa shape index (κ1) is 15.0. The summed E-state index contributed by atoms with van der Waals surface area (Å²) in [7, 11) is -3.51. The molecule has 2 rings (SSSR count). The highest BCUT2D eigenvalue weighted by atomic mass is 35.5. The van der Waals surface area contributed by atoms with Crippen molar-refractivity contribution in [1.82, 2.24) is 10.1 Å². The lowest BCUT2D eigenvalue weighted by atomic mass is 10.2. The lowest BCUT2D eigenvalue weighted by Gasteiger charge is -2.06. The number of aliphatic hydroxyl groups excluding tert-OH is 1. The number of nitrogens with zero attached hydrogens (tertiary/aromatic N) is 2. The normalized spacial score (nSPS) is 13.3. The van der Waals surface area contributed by atoms with Crippen LogP contribution in [0.3, 0.4) is 0 Å². The topological polar surface area (TPSA) is 93.3 Å². The smallest absolute Gasteiger partial charge is 0.245 e. The fourth-order valence-electron chi connectivity index (χ4n) is 1.57. The molecule has 1 N–H and O–H groups in total. The predicted octanol–water partition coefficient (Wildman–Crippen LogP) is 1.86. The van der Waals surface area contributed by atoms with Crippen molar-refractivity contribution in [3.63, 3.8) is 0 Å². The molecule has 8 heteroatoms. The zero-order valence-corrected chi connectivity index (χ0v) is 12.2. The molecule has 0 amide bonds. The third-order valence-electron chi connectivity index (χ3n) is 2.81. The van der Waals surface area contributed by atoms with Crippen LogP contribution in [0.5, 0.6) is 0 Å². The van der Waals surface area contributed by atoms with E-state index in [1.165, 1.54) is 6.92 Å². The zero-order valence-electron chi connectivity index (χ0n) is 10.7. The molecule has 20 heavy (non-hydrogen) atoms. The quantitative estimate of drug-likeness (QED) is 0.905. The van der Waals surface area contributed by atoms with Crippen LogP contribution in [0.25, 0.3) is 11.4 Å². The number of hydrogen-bond acceptors (Lipinski definition) is 6. The molecule has 1 heterocycles. The number of hydrogen-bond donors (Lipinski definition) is 1. The summed E-state index contributed by atoms with van der Waals surface area (Å²) in [5.74, 6) is -0.0431. The van der Waals surface area contributed by atoms with Gasteiger partial charge in [0.1, 0.15) is 5.25 Å². The summed E-state index contributed by atoms with van der Waals surface area (Å²) in [4.78, 5) is 4.08. The van der Waals surface area contributed by atoms with Gasteiger partial charge in [0, 0.05) is 10.6 Å². The van der Waals surface area contributed by atoms with Gasteiger partial charge in [-0.25, -0.2) is 8.42 Å². The largest absolute Gasteiger partial charge is 0.395 e. The van der Waals surface area contributed by atoms with E-state index in [0.29, 0.717) is 16.4 Å². The van der Waals surface area contributed by atoms with Crippen LogP contribution in [-0.2, 0) is 9.84 Å². The summed E-state index contributed by atoms with van der Waals surface area (Å²) in [5.41, 5.74) is 0.677. The Labute approximate surface area is 121 Å². The molecule has 0 unspecified atom stereocenters. The Hall–Kier alpha value is -1.44. The van der Waals surface area contributed by atoms with Gasteiger partial charge in [-0.1, -0.05) is 16.8 Å². The van der Waals surface area contributed by atoms with Gasteiger partial charge in [0.15, 0.2) is 9.84 Å². The minimum Gasteiger partial charge on any atom is -0.395 e. The molecular weight excluding hydrogens is 304 g/mol. The van der Waals surface area contributed by atoms with Gasteiger partial charge in [0.05, 0.1) is 12.4 Å². The van der Waals surface area contributed by atoms with E-state index in [0.717, 1.165) is 0 Å². The number of halogens is 1. The minimum atomic E-state index is -3.51. The Morgan fingerprint density at radius 1 is 1.35 bits per heavy atom. The third kappa shape index (κ3) is 3.17. The molecule has 6 nitrogen and oxygen atoms in total. The monoisotopic (exact) mass is 316 g/mol. The van der Waals surface area contributed by atoms with E-state index in [1.54, 1.807) is 24.3 Å². The van der Waals surface area contributed by atoms with Crippen LogP contribution in [0.1, 0.15) is 18.1 Å². The summed E-state index contributed by atoms with van der Waals surface area (Å²) in [6.07, 6.45) is 0. The lowest BCUT2D eigenvalue weighted by molar-refractivity contribution is 0.318. The molecule has 0 aliphatic rings. The molecule has 1 atom stereocenters. The van der Waals surface area contributed by atoms with Crippen molar-refractivity contribution in [3.8, 4) is 11.4 Å². The van der Waals surface area contributed by atoms with Crippen LogP contribution in [0.15, 0.2) is 28.8 Å². The standard InChI is InChI=1S/C12H13ClN2O4S/c1-8(20(17,18)7-6-16)12-14-11(15-19-12)9-2-4-10(13)5-3-9/h2-5,8,16H,6-7H2,1H3/t8-/m0/s1. The van der Waals surface area contributed by atoms with E-state index in [1.807, 2.05) is 0 Å². The van der Waals surface area contributed by atoms with E-state index >= 15 is 0 Å². The van der Waals surface area contributed by atoms with E-state index in [-0.39, 0.29) is 11.6 Å². The second-order valence-electron chi connectivity index (χ2n) is 4.20. The molecule has 0 bridgehead atoms. The number of aliphatic hydroxyl groups is 1. The molecule has 0 aliphatic heterocycles. The summed E-state index contributed by atoms with van der Waals surface area (Å²) >= 11 is 5.78. The summed E-state index contributed by atoms with van der Waals surface area (Å²) in [6.45, 7) is 1.01. The average Bonchev–Trinajstić information content (AvgIpc) is 2.88. The number of sulfone groups is 1. The summed E-state index contributed by atoms with van der Waals surface area (Å²) in [6, 6.07) is 6.78. The highest BCUT2D eigenvalue weighted by Gasteiger charge is 2.27. The van der Waals surface area contributed by atoms with E-state index in [9.17, 15) is 8.42 Å². The first-order chi connectivity index (χ1) is 9.44. The van der Waals surface area contributed by atoms with Crippen LogP contribution in [-0.4, -0.2) is 36.0 Å². The third-order valence-corrected chi connectivity index (χ3v) is 5.09. The number of rotatable bonds is 5. The number of aromatic nitrogens is 2. The fraction of sp³-hybridized carbons (Fsp3) is 0.333. The zero-order chi connectivity index (χ0) is 14.8. The van der Waals surface area contributed by atoms with Crippen molar-refractivity contribution in [2.24, 2.45) is 0 Å². The fourth-order valence-corrected chi connectivity index (χ4v) is 2.71. The van der Waals surface area contributed by atoms with Gasteiger partial charge >= 0.3 is 0 Å². The Balaban J connectivity index is 2.27. The van der Waals surface area contributed by atoms with Gasteiger partial charge in [0.25, 0.3) is 0 Å². The molecule has 108 valence electrons. The predicted molar refractivity (Wildman–Crippen MR) is 74.0 cm³/mol. The molecule has 1 aromatic carbocycles. The molecule has 0 saturated heterocycles. The molecule has 1 aromatic heterocycles. The molecule has 0 spiro atoms. The van der Waals surface area contributed by atoms with E-state index in [2.05, 4.69) is 10.1 Å². The SMILES string of the molecule is C[C@@H](c1nc(-c2ccc(Cl)cc2)no1)S(=O)(=O)CCO. The van der Waals surface area contributed by atoms with E-state index in [4.69, 9.17) is 21.2 Å². The maximum atomic E-state index is 11.8. The van der Waals surface area contributed by atoms with Crippen LogP contribution < -0.4 is 0 Å². The molecule has 2 aromatic rings. The molecule has 0 saturated carbocycles. The van der Waals surface area contributed by atoms with Gasteiger partial charge in [0.2, 0.25) is 11.7 Å². The van der Waals surface area contributed by atoms with Crippen molar-refractivity contribution in [1.29, 1.82) is 0 Å². The van der Waals surface area contributed by atoms with Gasteiger partial charge in [-0.15, -0.1) is 0 Å². The Morgan fingerprint density at radius 3 is 2.60 bits per heavy atom. The lowest BCUT2D eigenvalue weighted by Crippen LogP contribution is -2.16. The van der Waals surface area contributed by atoms with Crippen LogP contribution in [0.4, 0.5) is 0 Å². The van der Waals surface area contributed by atoms with Crippen molar-refractivity contribution in [3.05, 3.63) is 35.2 Å². The van der Waals surface area contributed by atoms with Crippen LogP contribution in [0, 0.1) is 0 Å². The van der Waals surface area contributed by atoms with E-state index < -0.39 is 21.7 Å². The maximum absolute atomic E-state index is 11.8. The van der Waals surface area contributed by atoms with Crippen LogP contribution >= 0.6 is 11.6 Å².